The molecule has 2 aromatic carbocycles. The predicted molar refractivity (Wildman–Crippen MR) is 86.1 cm³/mol. The van der Waals surface area contributed by atoms with Crippen molar-refractivity contribution in [2.45, 2.75) is 0 Å². The van der Waals surface area contributed by atoms with Crippen molar-refractivity contribution in [2.24, 2.45) is 4.99 Å². The lowest BCUT2D eigenvalue weighted by atomic mass is 10.2. The van der Waals surface area contributed by atoms with Gasteiger partial charge < -0.3 is 4.74 Å². The maximum atomic E-state index is 13.3. The average Bonchev–Trinajstić information content (AvgIpc) is 2.86. The maximum Gasteiger partial charge on any atom is 0.363 e. The van der Waals surface area contributed by atoms with E-state index in [9.17, 15) is 13.6 Å². The summed E-state index contributed by atoms with van der Waals surface area (Å²) in [6.07, 6.45) is 1.52. The summed E-state index contributed by atoms with van der Waals surface area (Å²) < 4.78 is 32.3. The van der Waals surface area contributed by atoms with Crippen LogP contribution in [0.4, 0.5) is 8.78 Å². The summed E-state index contributed by atoms with van der Waals surface area (Å²) in [5.41, 5.74) is 0.794. The van der Waals surface area contributed by atoms with Gasteiger partial charge >= 0.3 is 5.97 Å². The SMILES string of the molecule is O=C1OC(c2cc(F)c(F)cc2Cl)=NC1=Cc1ccc(Br)cc1. The summed E-state index contributed by atoms with van der Waals surface area (Å²) in [6.45, 7) is 0. The van der Waals surface area contributed by atoms with Gasteiger partial charge in [-0.3, -0.25) is 0 Å². The number of aliphatic imine (C=N–C) groups is 1. The van der Waals surface area contributed by atoms with Crippen LogP contribution in [0.1, 0.15) is 11.1 Å². The molecule has 2 aromatic rings. The molecule has 0 fully saturated rings. The maximum absolute atomic E-state index is 13.3. The molecule has 0 aliphatic carbocycles. The molecule has 0 saturated carbocycles. The molecule has 0 saturated heterocycles. The van der Waals surface area contributed by atoms with Crippen molar-refractivity contribution >= 4 is 45.5 Å². The fraction of sp³-hybridized carbons (Fsp3) is 0. The third kappa shape index (κ3) is 3.33. The molecule has 3 rings (SSSR count). The Labute approximate surface area is 143 Å². The van der Waals surface area contributed by atoms with E-state index in [-0.39, 0.29) is 22.2 Å². The van der Waals surface area contributed by atoms with E-state index in [4.69, 9.17) is 16.3 Å². The Hall–Kier alpha value is -2.05. The monoisotopic (exact) mass is 397 g/mol. The Balaban J connectivity index is 1.98. The van der Waals surface area contributed by atoms with Crippen molar-refractivity contribution in [1.82, 2.24) is 0 Å². The smallest absolute Gasteiger partial charge is 0.363 e. The van der Waals surface area contributed by atoms with E-state index >= 15 is 0 Å². The quantitative estimate of drug-likeness (QED) is 0.417. The first-order valence-corrected chi connectivity index (χ1v) is 7.54. The number of cyclic esters (lactones) is 1. The van der Waals surface area contributed by atoms with Gasteiger partial charge in [0, 0.05) is 4.47 Å². The van der Waals surface area contributed by atoms with Gasteiger partial charge in [-0.1, -0.05) is 39.7 Å². The molecule has 1 aliphatic heterocycles. The summed E-state index contributed by atoms with van der Waals surface area (Å²) in [7, 11) is 0. The normalized spacial score (nSPS) is 15.7. The number of halogens is 4. The number of carbonyl (C=O) groups excluding carboxylic acids is 1. The van der Waals surface area contributed by atoms with E-state index < -0.39 is 17.6 Å². The zero-order chi connectivity index (χ0) is 16.6. The molecule has 0 aromatic heterocycles. The van der Waals surface area contributed by atoms with Gasteiger partial charge in [-0.15, -0.1) is 0 Å². The molecule has 0 N–H and O–H groups in total. The topological polar surface area (TPSA) is 38.7 Å². The second-order valence-corrected chi connectivity index (χ2v) is 5.96. The number of hydrogen-bond acceptors (Lipinski definition) is 3. The van der Waals surface area contributed by atoms with Gasteiger partial charge in [-0.2, -0.15) is 0 Å². The first-order valence-electron chi connectivity index (χ1n) is 6.37. The minimum absolute atomic E-state index is 0.0122. The Bertz CT molecular complexity index is 863. The number of esters is 1. The Morgan fingerprint density at radius 2 is 1.78 bits per heavy atom. The molecule has 7 heteroatoms. The molecule has 0 radical (unpaired) electrons. The zero-order valence-electron chi connectivity index (χ0n) is 11.3. The lowest BCUT2D eigenvalue weighted by molar-refractivity contribution is -0.129. The lowest BCUT2D eigenvalue weighted by Gasteiger charge is -2.03. The van der Waals surface area contributed by atoms with E-state index in [0.29, 0.717) is 0 Å². The third-order valence-corrected chi connectivity index (χ3v) is 3.88. The second-order valence-electron chi connectivity index (χ2n) is 4.63. The summed E-state index contributed by atoms with van der Waals surface area (Å²) >= 11 is 9.16. The molecule has 0 bridgehead atoms. The summed E-state index contributed by atoms with van der Waals surface area (Å²) in [5.74, 6) is -3.05. The molecule has 3 nitrogen and oxygen atoms in total. The highest BCUT2D eigenvalue weighted by atomic mass is 79.9. The van der Waals surface area contributed by atoms with E-state index in [2.05, 4.69) is 20.9 Å². The highest BCUT2D eigenvalue weighted by molar-refractivity contribution is 9.10. The van der Waals surface area contributed by atoms with Gasteiger partial charge in [0.25, 0.3) is 0 Å². The van der Waals surface area contributed by atoms with E-state index in [1.165, 1.54) is 6.08 Å². The molecule has 0 atom stereocenters. The second kappa shape index (κ2) is 6.22. The van der Waals surface area contributed by atoms with Crippen molar-refractivity contribution in [3.8, 4) is 0 Å². The summed E-state index contributed by atoms with van der Waals surface area (Å²) in [6, 6.07) is 8.82. The van der Waals surface area contributed by atoms with Gasteiger partial charge in [0.05, 0.1) is 10.6 Å². The average molecular weight is 399 g/mol. The number of rotatable bonds is 2. The minimum Gasteiger partial charge on any atom is -0.402 e. The fourth-order valence-corrected chi connectivity index (χ4v) is 2.42. The standard InChI is InChI=1S/C16H7BrClF2NO2/c17-9-3-1-8(2-4-9)5-14-16(22)23-15(21-14)10-6-12(19)13(20)7-11(10)18/h1-7H. The first-order chi connectivity index (χ1) is 10.9. The van der Waals surface area contributed by atoms with Crippen LogP contribution in [0.5, 0.6) is 0 Å². The Morgan fingerprint density at radius 3 is 2.48 bits per heavy atom. The van der Waals surface area contributed by atoms with Crippen LogP contribution in [0.2, 0.25) is 5.02 Å². The number of nitrogens with zero attached hydrogens (tertiary/aromatic N) is 1. The Morgan fingerprint density at radius 1 is 1.13 bits per heavy atom. The Kier molecular flexibility index (Phi) is 4.28. The van der Waals surface area contributed by atoms with Crippen molar-refractivity contribution in [2.75, 3.05) is 0 Å². The van der Waals surface area contributed by atoms with E-state index in [1.54, 1.807) is 12.1 Å². The van der Waals surface area contributed by atoms with Gasteiger partial charge in [-0.05, 0) is 35.9 Å². The fourth-order valence-electron chi connectivity index (χ4n) is 1.93. The third-order valence-electron chi connectivity index (χ3n) is 3.03. The number of ether oxygens (including phenoxy) is 1. The summed E-state index contributed by atoms with van der Waals surface area (Å²) in [4.78, 5) is 15.9. The van der Waals surface area contributed by atoms with Gasteiger partial charge in [0.1, 0.15) is 0 Å². The minimum atomic E-state index is -1.10. The van der Waals surface area contributed by atoms with Crippen molar-refractivity contribution < 1.29 is 18.3 Å². The van der Waals surface area contributed by atoms with E-state index in [1.807, 2.05) is 12.1 Å². The molecular weight excluding hydrogens is 392 g/mol. The molecular formula is C16H7BrClF2NO2. The van der Waals surface area contributed by atoms with Crippen molar-refractivity contribution in [3.05, 3.63) is 74.4 Å². The van der Waals surface area contributed by atoms with Crippen LogP contribution in [0.25, 0.3) is 6.08 Å². The zero-order valence-corrected chi connectivity index (χ0v) is 13.7. The highest BCUT2D eigenvalue weighted by Gasteiger charge is 2.26. The molecule has 1 aliphatic rings. The first kappa shape index (κ1) is 15.8. The largest absolute Gasteiger partial charge is 0.402 e. The lowest BCUT2D eigenvalue weighted by Crippen LogP contribution is -2.07. The summed E-state index contributed by atoms with van der Waals surface area (Å²) in [5, 5.41) is -0.0969. The van der Waals surface area contributed by atoms with Crippen LogP contribution in [0.3, 0.4) is 0 Å². The molecule has 1 heterocycles. The molecule has 0 spiro atoms. The number of hydrogen-bond donors (Lipinski definition) is 0. The van der Waals surface area contributed by atoms with Gasteiger partial charge in [0.15, 0.2) is 17.3 Å². The van der Waals surface area contributed by atoms with Crippen LogP contribution in [-0.2, 0) is 9.53 Å². The van der Waals surface area contributed by atoms with Crippen LogP contribution < -0.4 is 0 Å². The number of benzene rings is 2. The van der Waals surface area contributed by atoms with Crippen LogP contribution in [0.15, 0.2) is 51.6 Å². The highest BCUT2D eigenvalue weighted by Crippen LogP contribution is 2.26. The van der Waals surface area contributed by atoms with Crippen molar-refractivity contribution in [3.63, 3.8) is 0 Å². The molecule has 23 heavy (non-hydrogen) atoms. The van der Waals surface area contributed by atoms with Crippen LogP contribution in [0, 0.1) is 11.6 Å². The van der Waals surface area contributed by atoms with Crippen LogP contribution >= 0.6 is 27.5 Å². The molecule has 0 unspecified atom stereocenters. The predicted octanol–water partition coefficient (Wildman–Crippen LogP) is 4.73. The number of carbonyl (C=O) groups is 1. The van der Waals surface area contributed by atoms with Crippen LogP contribution in [-0.4, -0.2) is 11.9 Å². The van der Waals surface area contributed by atoms with Crippen molar-refractivity contribution in [1.29, 1.82) is 0 Å². The molecule has 116 valence electrons. The van der Waals surface area contributed by atoms with E-state index in [0.717, 1.165) is 22.2 Å². The van der Waals surface area contributed by atoms with Gasteiger partial charge in [0.2, 0.25) is 5.90 Å². The molecule has 0 amide bonds. The van der Waals surface area contributed by atoms with Gasteiger partial charge in [-0.25, -0.2) is 18.6 Å².